The number of aliphatic hydroxyl groups is 1. The van der Waals surface area contributed by atoms with Crippen LogP contribution < -0.4 is 16.4 Å². The molecule has 0 aliphatic heterocycles. The summed E-state index contributed by atoms with van der Waals surface area (Å²) in [5.74, 6) is 0.695. The van der Waals surface area contributed by atoms with Gasteiger partial charge >= 0.3 is 0 Å². The van der Waals surface area contributed by atoms with Gasteiger partial charge < -0.3 is 21.5 Å². The van der Waals surface area contributed by atoms with Crippen molar-refractivity contribution in [2.45, 2.75) is 6.10 Å². The van der Waals surface area contributed by atoms with Crippen LogP contribution in [0, 0.1) is 0 Å². The van der Waals surface area contributed by atoms with Crippen molar-refractivity contribution in [2.24, 2.45) is 5.73 Å². The molecule has 5 N–H and O–H groups in total. The molecule has 0 aliphatic rings. The molecule has 2 heterocycles. The maximum absolute atomic E-state index is 9.70. The molecule has 6 nitrogen and oxygen atoms in total. The zero-order valence-electron chi connectivity index (χ0n) is 13.5. The van der Waals surface area contributed by atoms with E-state index < -0.39 is 6.10 Å². The van der Waals surface area contributed by atoms with Gasteiger partial charge in [0.15, 0.2) is 0 Å². The fraction of sp³-hybridized carbons (Fsp3) is 0.222. The summed E-state index contributed by atoms with van der Waals surface area (Å²) in [6.45, 7) is 0.546. The number of nitrogens with two attached hydrogens (primary N) is 1. The summed E-state index contributed by atoms with van der Waals surface area (Å²) in [5.41, 5.74) is 9.19. The summed E-state index contributed by atoms with van der Waals surface area (Å²) in [6.07, 6.45) is 1.14. The molecule has 1 aromatic carbocycles. The molecular weight excluding hydrogens is 302 g/mol. The van der Waals surface area contributed by atoms with E-state index in [-0.39, 0.29) is 6.54 Å². The molecule has 1 unspecified atom stereocenters. The van der Waals surface area contributed by atoms with E-state index in [1.807, 2.05) is 49.5 Å². The van der Waals surface area contributed by atoms with Crippen molar-refractivity contribution in [3.8, 4) is 11.3 Å². The maximum atomic E-state index is 9.70. The van der Waals surface area contributed by atoms with Gasteiger partial charge in [-0.25, -0.2) is 4.98 Å². The Hall–Kier alpha value is -2.70. The quantitative estimate of drug-likeness (QED) is 0.555. The van der Waals surface area contributed by atoms with Crippen LogP contribution in [0.4, 0.5) is 11.5 Å². The molecule has 124 valence electrons. The summed E-state index contributed by atoms with van der Waals surface area (Å²) in [7, 11) is 1.89. The van der Waals surface area contributed by atoms with Gasteiger partial charge in [0, 0.05) is 43.0 Å². The minimum Gasteiger partial charge on any atom is -0.390 e. The van der Waals surface area contributed by atoms with Crippen LogP contribution in [0.5, 0.6) is 0 Å². The van der Waals surface area contributed by atoms with Crippen molar-refractivity contribution in [1.29, 1.82) is 0 Å². The Labute approximate surface area is 140 Å². The van der Waals surface area contributed by atoms with Crippen molar-refractivity contribution in [3.05, 3.63) is 48.7 Å². The molecule has 0 radical (unpaired) electrons. The van der Waals surface area contributed by atoms with Crippen LogP contribution in [0.15, 0.2) is 48.7 Å². The molecule has 3 rings (SSSR count). The van der Waals surface area contributed by atoms with Gasteiger partial charge in [-0.05, 0) is 30.3 Å². The number of rotatable bonds is 6. The monoisotopic (exact) mass is 323 g/mol. The molecule has 24 heavy (non-hydrogen) atoms. The van der Waals surface area contributed by atoms with Crippen LogP contribution in [-0.4, -0.2) is 41.3 Å². The lowest BCUT2D eigenvalue weighted by molar-refractivity contribution is 0.196. The molecule has 0 fully saturated rings. The fourth-order valence-electron chi connectivity index (χ4n) is 2.46. The Kier molecular flexibility index (Phi) is 4.88. The summed E-state index contributed by atoms with van der Waals surface area (Å²) in [5, 5.41) is 16.9. The largest absolute Gasteiger partial charge is 0.390 e. The summed E-state index contributed by atoms with van der Waals surface area (Å²) >= 11 is 0. The van der Waals surface area contributed by atoms with E-state index in [0.29, 0.717) is 12.4 Å². The molecule has 0 aliphatic carbocycles. The molecule has 3 aromatic rings. The Morgan fingerprint density at radius 1 is 1.21 bits per heavy atom. The summed E-state index contributed by atoms with van der Waals surface area (Å²) in [4.78, 5) is 9.14. The molecule has 2 aromatic heterocycles. The highest BCUT2D eigenvalue weighted by Crippen LogP contribution is 2.27. The lowest BCUT2D eigenvalue weighted by Crippen LogP contribution is -2.28. The van der Waals surface area contributed by atoms with Crippen LogP contribution in [0.2, 0.25) is 0 Å². The van der Waals surface area contributed by atoms with E-state index in [2.05, 4.69) is 15.6 Å². The molecule has 0 amide bonds. The van der Waals surface area contributed by atoms with Gasteiger partial charge in [0.2, 0.25) is 0 Å². The van der Waals surface area contributed by atoms with E-state index in [0.717, 1.165) is 27.8 Å². The van der Waals surface area contributed by atoms with Crippen molar-refractivity contribution >= 4 is 22.4 Å². The van der Waals surface area contributed by atoms with Crippen molar-refractivity contribution in [1.82, 2.24) is 9.97 Å². The van der Waals surface area contributed by atoms with Gasteiger partial charge in [-0.2, -0.15) is 0 Å². The normalized spacial score (nSPS) is 12.1. The first-order chi connectivity index (χ1) is 11.7. The lowest BCUT2D eigenvalue weighted by atomic mass is 10.1. The fourth-order valence-corrected chi connectivity index (χ4v) is 2.46. The van der Waals surface area contributed by atoms with E-state index >= 15 is 0 Å². The highest BCUT2D eigenvalue weighted by molar-refractivity contribution is 5.92. The Balaban J connectivity index is 2.01. The molecule has 0 bridgehead atoms. The number of nitrogens with zero attached hydrogens (tertiary/aromatic N) is 2. The number of pyridine rings is 2. The highest BCUT2D eigenvalue weighted by Gasteiger charge is 2.10. The van der Waals surface area contributed by atoms with Crippen LogP contribution in [0.1, 0.15) is 0 Å². The summed E-state index contributed by atoms with van der Waals surface area (Å²) < 4.78 is 0. The number of hydrogen-bond donors (Lipinski definition) is 4. The van der Waals surface area contributed by atoms with E-state index in [1.165, 1.54) is 0 Å². The van der Waals surface area contributed by atoms with E-state index in [9.17, 15) is 5.11 Å². The van der Waals surface area contributed by atoms with Crippen LogP contribution in [-0.2, 0) is 0 Å². The molecule has 0 saturated carbocycles. The molecule has 0 spiro atoms. The predicted octanol–water partition coefficient (Wildman–Crippen LogP) is 2.07. The van der Waals surface area contributed by atoms with E-state index in [4.69, 9.17) is 10.7 Å². The standard InChI is InChI=1S/C18H21N5O/c1-20-13-6-4-12(5-7-13)16-9-17-15(3-2-8-21-17)18(23-16)22-11-14(24)10-19/h2-9,14,20,24H,10-11,19H2,1H3,(H,22,23). The Morgan fingerprint density at radius 2 is 2.00 bits per heavy atom. The third-order valence-electron chi connectivity index (χ3n) is 3.85. The first kappa shape index (κ1) is 16.2. The van der Waals surface area contributed by atoms with Gasteiger partial charge in [0.25, 0.3) is 0 Å². The average molecular weight is 323 g/mol. The minimum absolute atomic E-state index is 0.203. The minimum atomic E-state index is -0.614. The SMILES string of the molecule is CNc1ccc(-c2cc3ncccc3c(NCC(O)CN)n2)cc1. The second kappa shape index (κ2) is 7.25. The second-order valence-electron chi connectivity index (χ2n) is 5.52. The molecular formula is C18H21N5O. The van der Waals surface area contributed by atoms with Crippen molar-refractivity contribution in [3.63, 3.8) is 0 Å². The van der Waals surface area contributed by atoms with Gasteiger partial charge in [0.05, 0.1) is 17.3 Å². The summed E-state index contributed by atoms with van der Waals surface area (Å²) in [6, 6.07) is 13.8. The lowest BCUT2D eigenvalue weighted by Gasteiger charge is -2.13. The van der Waals surface area contributed by atoms with Crippen LogP contribution in [0.3, 0.4) is 0 Å². The number of nitrogens with one attached hydrogen (secondary N) is 2. The predicted molar refractivity (Wildman–Crippen MR) is 98.1 cm³/mol. The third-order valence-corrected chi connectivity index (χ3v) is 3.85. The number of aliphatic hydroxyl groups excluding tert-OH is 1. The molecule has 0 saturated heterocycles. The first-order valence-corrected chi connectivity index (χ1v) is 7.87. The Morgan fingerprint density at radius 3 is 2.71 bits per heavy atom. The van der Waals surface area contributed by atoms with Gasteiger partial charge in [-0.1, -0.05) is 12.1 Å². The number of benzene rings is 1. The topological polar surface area (TPSA) is 96.1 Å². The maximum Gasteiger partial charge on any atom is 0.136 e. The Bertz CT molecular complexity index is 819. The number of fused-ring (bicyclic) bond motifs is 1. The van der Waals surface area contributed by atoms with Crippen LogP contribution in [0.25, 0.3) is 22.2 Å². The van der Waals surface area contributed by atoms with Crippen molar-refractivity contribution < 1.29 is 5.11 Å². The molecule has 6 heteroatoms. The van der Waals surface area contributed by atoms with Gasteiger partial charge in [0.1, 0.15) is 5.82 Å². The molecule has 1 atom stereocenters. The highest BCUT2D eigenvalue weighted by atomic mass is 16.3. The van der Waals surface area contributed by atoms with Crippen LogP contribution >= 0.6 is 0 Å². The number of aromatic nitrogens is 2. The first-order valence-electron chi connectivity index (χ1n) is 7.87. The van der Waals surface area contributed by atoms with E-state index in [1.54, 1.807) is 6.20 Å². The zero-order chi connectivity index (χ0) is 16.9. The second-order valence-corrected chi connectivity index (χ2v) is 5.52. The zero-order valence-corrected chi connectivity index (χ0v) is 13.5. The smallest absolute Gasteiger partial charge is 0.136 e. The van der Waals surface area contributed by atoms with Gasteiger partial charge in [-0.15, -0.1) is 0 Å². The van der Waals surface area contributed by atoms with Crippen molar-refractivity contribution in [2.75, 3.05) is 30.8 Å². The third kappa shape index (κ3) is 3.45. The average Bonchev–Trinajstić information content (AvgIpc) is 2.65. The number of anilines is 2. The number of hydrogen-bond acceptors (Lipinski definition) is 6. The van der Waals surface area contributed by atoms with Gasteiger partial charge in [-0.3, -0.25) is 4.98 Å².